The molecule has 3 nitrogen and oxygen atoms in total. The molecular weight excluding hydrogens is 392 g/mol. The van der Waals surface area contributed by atoms with Crippen LogP contribution < -0.4 is 0 Å². The summed E-state index contributed by atoms with van der Waals surface area (Å²) >= 11 is 3.52. The number of hydrogen-bond donors (Lipinski definition) is 0. The van der Waals surface area contributed by atoms with E-state index in [1.54, 1.807) is 0 Å². The van der Waals surface area contributed by atoms with Crippen LogP contribution in [0.25, 0.3) is 0 Å². The second-order valence-corrected chi connectivity index (χ2v) is 6.54. The molecule has 0 aromatic heterocycles. The van der Waals surface area contributed by atoms with Gasteiger partial charge in [0.2, 0.25) is 0 Å². The molecule has 0 atom stereocenters. The van der Waals surface area contributed by atoms with Crippen molar-refractivity contribution in [1.29, 1.82) is 0 Å². The number of halogens is 1. The quantitative estimate of drug-likeness (QED) is 0.306. The number of ether oxygens (including phenoxy) is 2. The molecule has 2 rings (SSSR count). The van der Waals surface area contributed by atoms with Gasteiger partial charge in [-0.2, -0.15) is 0 Å². The Balaban J connectivity index is 1.76. The lowest BCUT2D eigenvalue weighted by Crippen LogP contribution is -2.06. The Labute approximate surface area is 163 Å². The Bertz CT molecular complexity index is 736. The summed E-state index contributed by atoms with van der Waals surface area (Å²) in [5.41, 5.74) is 2.99. The summed E-state index contributed by atoms with van der Waals surface area (Å²) < 4.78 is 11.8. The minimum Gasteiger partial charge on any atom is -0.461 e. The zero-order chi connectivity index (χ0) is 18.6. The van der Waals surface area contributed by atoms with Gasteiger partial charge in [0.15, 0.2) is 0 Å². The molecule has 0 fully saturated rings. The molecule has 0 aliphatic heterocycles. The molecule has 0 heterocycles. The number of benzene rings is 2. The van der Waals surface area contributed by atoms with Crippen molar-refractivity contribution in [2.45, 2.75) is 26.6 Å². The Hall–Kier alpha value is -2.17. The monoisotopic (exact) mass is 414 g/mol. The summed E-state index contributed by atoms with van der Waals surface area (Å²) in [6.07, 6.45) is 4.05. The van der Waals surface area contributed by atoms with Gasteiger partial charge in [-0.3, -0.25) is 4.79 Å². The van der Waals surface area contributed by atoms with Crippen molar-refractivity contribution in [3.63, 3.8) is 0 Å². The van der Waals surface area contributed by atoms with E-state index >= 15 is 0 Å². The van der Waals surface area contributed by atoms with Crippen molar-refractivity contribution in [1.82, 2.24) is 0 Å². The van der Waals surface area contributed by atoms with Crippen LogP contribution in [0.5, 0.6) is 0 Å². The molecule has 0 radical (unpaired) electrons. The molecule has 0 N–H and O–H groups in total. The topological polar surface area (TPSA) is 35.5 Å². The summed E-state index contributed by atoms with van der Waals surface area (Å²) in [5, 5.41) is 0. The van der Waals surface area contributed by atoms with Crippen LogP contribution in [0.1, 0.15) is 24.5 Å². The first-order valence-corrected chi connectivity index (χ1v) is 9.30. The third-order valence-corrected chi connectivity index (χ3v) is 4.56. The molecule has 0 amide bonds. The average Bonchev–Trinajstić information content (AvgIpc) is 2.69. The van der Waals surface area contributed by atoms with E-state index in [-0.39, 0.29) is 19.0 Å². The Morgan fingerprint density at radius 2 is 1.54 bits per heavy atom. The van der Waals surface area contributed by atoms with E-state index in [0.29, 0.717) is 13.2 Å². The first-order chi connectivity index (χ1) is 12.7. The van der Waals surface area contributed by atoms with Gasteiger partial charge in [0.1, 0.15) is 6.61 Å². The zero-order valence-corrected chi connectivity index (χ0v) is 16.4. The molecule has 26 heavy (non-hydrogen) atoms. The van der Waals surface area contributed by atoms with Gasteiger partial charge in [0, 0.05) is 4.48 Å². The Kier molecular flexibility index (Phi) is 8.87. The van der Waals surface area contributed by atoms with Gasteiger partial charge in [-0.05, 0) is 29.7 Å². The summed E-state index contributed by atoms with van der Waals surface area (Å²) in [5.74, 6) is -0.252. The van der Waals surface area contributed by atoms with Crippen molar-refractivity contribution in [3.8, 4) is 0 Å². The molecular formula is C22H23BrO3. The summed E-state index contributed by atoms with van der Waals surface area (Å²) in [7, 11) is 0. The molecule has 0 bridgehead atoms. The third kappa shape index (κ3) is 7.38. The van der Waals surface area contributed by atoms with Crippen LogP contribution in [-0.4, -0.2) is 12.6 Å². The smallest absolute Gasteiger partial charge is 0.310 e. The van der Waals surface area contributed by atoms with Gasteiger partial charge in [-0.25, -0.2) is 0 Å². The lowest BCUT2D eigenvalue weighted by Gasteiger charge is -2.08. The maximum atomic E-state index is 12.1. The molecule has 0 saturated heterocycles. The number of rotatable bonds is 9. The summed E-state index contributed by atoms with van der Waals surface area (Å²) in [6, 6.07) is 19.7. The van der Waals surface area contributed by atoms with Crippen LogP contribution in [0.2, 0.25) is 0 Å². The van der Waals surface area contributed by atoms with E-state index in [9.17, 15) is 4.79 Å². The second kappa shape index (κ2) is 11.4. The fourth-order valence-electron chi connectivity index (χ4n) is 2.28. The number of allylic oxidation sites excluding steroid dienone is 2. The van der Waals surface area contributed by atoms with E-state index in [1.807, 2.05) is 79.7 Å². The highest BCUT2D eigenvalue weighted by Crippen LogP contribution is 2.21. The largest absolute Gasteiger partial charge is 0.461 e. The van der Waals surface area contributed by atoms with Crippen LogP contribution in [0.3, 0.4) is 0 Å². The fourth-order valence-corrected chi connectivity index (χ4v) is 2.78. The van der Waals surface area contributed by atoms with Gasteiger partial charge in [-0.1, -0.05) is 82.7 Å². The average molecular weight is 415 g/mol. The minimum atomic E-state index is -0.252. The number of esters is 1. The van der Waals surface area contributed by atoms with E-state index in [0.717, 1.165) is 21.2 Å². The van der Waals surface area contributed by atoms with Crippen LogP contribution >= 0.6 is 15.9 Å². The highest BCUT2D eigenvalue weighted by molar-refractivity contribution is 9.12. The summed E-state index contributed by atoms with van der Waals surface area (Å²) in [6.45, 7) is 3.21. The number of carbonyl (C=O) groups excluding carboxylic acids is 1. The molecule has 0 unspecified atom stereocenters. The molecule has 2 aromatic carbocycles. The maximum absolute atomic E-state index is 12.1. The third-order valence-electron chi connectivity index (χ3n) is 3.72. The van der Waals surface area contributed by atoms with E-state index in [1.165, 1.54) is 0 Å². The van der Waals surface area contributed by atoms with Crippen LogP contribution in [0.4, 0.5) is 0 Å². The normalized spacial score (nSPS) is 12.1. The standard InChI is InChI=1S/C22H23BrO3/c1-2-20(15-22(24)26-17-19-11-7-4-8-12-19)21(23)13-14-25-16-18-9-5-3-6-10-18/h2-13H,14-17H2,1H3/b20-2-,21-13+. The van der Waals surface area contributed by atoms with Crippen molar-refractivity contribution >= 4 is 21.9 Å². The first-order valence-electron chi connectivity index (χ1n) is 8.51. The molecule has 0 aliphatic carbocycles. The van der Waals surface area contributed by atoms with Gasteiger partial charge in [0.25, 0.3) is 0 Å². The van der Waals surface area contributed by atoms with Crippen LogP contribution in [0.15, 0.2) is 82.9 Å². The minimum absolute atomic E-state index is 0.221. The Morgan fingerprint density at radius 3 is 2.12 bits per heavy atom. The molecule has 2 aromatic rings. The molecule has 4 heteroatoms. The van der Waals surface area contributed by atoms with Crippen molar-refractivity contribution in [3.05, 3.63) is 94.0 Å². The van der Waals surface area contributed by atoms with Crippen molar-refractivity contribution in [2.75, 3.05) is 6.61 Å². The highest BCUT2D eigenvalue weighted by Gasteiger charge is 2.09. The predicted molar refractivity (Wildman–Crippen MR) is 108 cm³/mol. The van der Waals surface area contributed by atoms with Crippen LogP contribution in [0, 0.1) is 0 Å². The SMILES string of the molecule is C/C=C(CC(=O)OCc1ccccc1)\C(Br)=C/COCc1ccccc1. The number of carbonyl (C=O) groups is 1. The predicted octanol–water partition coefficient (Wildman–Crippen LogP) is 5.56. The van der Waals surface area contributed by atoms with E-state index < -0.39 is 0 Å². The highest BCUT2D eigenvalue weighted by atomic mass is 79.9. The lowest BCUT2D eigenvalue weighted by molar-refractivity contribution is -0.144. The zero-order valence-electron chi connectivity index (χ0n) is 14.9. The van der Waals surface area contributed by atoms with Gasteiger partial charge >= 0.3 is 5.97 Å². The number of hydrogen-bond acceptors (Lipinski definition) is 3. The fraction of sp³-hybridized carbons (Fsp3) is 0.227. The molecule has 0 aliphatic rings. The van der Waals surface area contributed by atoms with Crippen molar-refractivity contribution in [2.24, 2.45) is 0 Å². The van der Waals surface area contributed by atoms with Gasteiger partial charge in [-0.15, -0.1) is 0 Å². The van der Waals surface area contributed by atoms with Crippen LogP contribution in [-0.2, 0) is 27.5 Å². The lowest BCUT2D eigenvalue weighted by atomic mass is 10.1. The Morgan fingerprint density at radius 1 is 0.962 bits per heavy atom. The van der Waals surface area contributed by atoms with E-state index in [2.05, 4.69) is 15.9 Å². The van der Waals surface area contributed by atoms with Gasteiger partial charge < -0.3 is 9.47 Å². The van der Waals surface area contributed by atoms with E-state index in [4.69, 9.17) is 9.47 Å². The molecule has 0 saturated carbocycles. The second-order valence-electron chi connectivity index (χ2n) is 5.69. The molecule has 136 valence electrons. The summed E-state index contributed by atoms with van der Waals surface area (Å²) in [4.78, 5) is 12.1. The maximum Gasteiger partial charge on any atom is 0.310 e. The van der Waals surface area contributed by atoms with Crippen molar-refractivity contribution < 1.29 is 14.3 Å². The molecule has 0 spiro atoms. The van der Waals surface area contributed by atoms with Gasteiger partial charge in [0.05, 0.1) is 19.6 Å². The first kappa shape index (κ1) is 20.1.